The molecule has 1 aliphatic rings. The van der Waals surface area contributed by atoms with E-state index in [0.29, 0.717) is 6.04 Å². The average molecular weight is 301 g/mol. The van der Waals surface area contributed by atoms with Crippen molar-refractivity contribution in [3.05, 3.63) is 35.7 Å². The maximum atomic E-state index is 4.83. The van der Waals surface area contributed by atoms with Gasteiger partial charge in [-0.05, 0) is 19.5 Å². The largest absolute Gasteiger partial charge is 0.346 e. The first-order chi connectivity index (χ1) is 10.3. The lowest BCUT2D eigenvalue weighted by Crippen LogP contribution is -2.37. The summed E-state index contributed by atoms with van der Waals surface area (Å²) in [7, 11) is 0. The Kier molecular flexibility index (Phi) is 4.56. The normalized spacial score (nSPS) is 18.6. The van der Waals surface area contributed by atoms with E-state index in [0.717, 1.165) is 31.9 Å². The lowest BCUT2D eigenvalue weighted by atomic mass is 10.2. The number of hydrogen-bond donors (Lipinski definition) is 0. The second-order valence-electron chi connectivity index (χ2n) is 5.49. The molecular formula is C17H23N3S. The number of likely N-dealkylation sites (N-methyl/N-ethyl adjacent to an activating group) is 1. The van der Waals surface area contributed by atoms with E-state index >= 15 is 0 Å². The second kappa shape index (κ2) is 6.58. The van der Waals surface area contributed by atoms with Crippen LogP contribution < -0.4 is 4.90 Å². The van der Waals surface area contributed by atoms with Gasteiger partial charge in [-0.3, -0.25) is 4.90 Å². The third-order valence-electron chi connectivity index (χ3n) is 4.32. The minimum Gasteiger partial charge on any atom is -0.346 e. The van der Waals surface area contributed by atoms with Gasteiger partial charge in [-0.1, -0.05) is 44.2 Å². The van der Waals surface area contributed by atoms with Gasteiger partial charge in [0.25, 0.3) is 0 Å². The summed E-state index contributed by atoms with van der Waals surface area (Å²) in [6, 6.07) is 11.1. The summed E-state index contributed by atoms with van der Waals surface area (Å²) in [6.07, 6.45) is 1.25. The quantitative estimate of drug-likeness (QED) is 0.839. The molecular weight excluding hydrogens is 278 g/mol. The number of nitrogens with zero attached hydrogens (tertiary/aromatic N) is 3. The van der Waals surface area contributed by atoms with Crippen LogP contribution in [-0.2, 0) is 0 Å². The highest BCUT2D eigenvalue weighted by Gasteiger charge is 2.27. The summed E-state index contributed by atoms with van der Waals surface area (Å²) < 4.78 is 0. The van der Waals surface area contributed by atoms with Crippen LogP contribution in [0.1, 0.15) is 20.3 Å². The first-order valence-electron chi connectivity index (χ1n) is 7.81. The van der Waals surface area contributed by atoms with Crippen molar-refractivity contribution < 1.29 is 0 Å². The number of anilines is 1. The molecule has 1 fully saturated rings. The molecule has 0 spiro atoms. The van der Waals surface area contributed by atoms with Crippen LogP contribution in [0, 0.1) is 0 Å². The van der Waals surface area contributed by atoms with Gasteiger partial charge in [0.1, 0.15) is 0 Å². The number of hydrogen-bond acceptors (Lipinski definition) is 4. The predicted molar refractivity (Wildman–Crippen MR) is 91.1 cm³/mol. The molecule has 1 aromatic heterocycles. The van der Waals surface area contributed by atoms with Gasteiger partial charge in [-0.25, -0.2) is 4.98 Å². The van der Waals surface area contributed by atoms with E-state index in [4.69, 9.17) is 4.98 Å². The second-order valence-corrected chi connectivity index (χ2v) is 6.33. The van der Waals surface area contributed by atoms with Crippen LogP contribution in [0.25, 0.3) is 11.3 Å². The molecule has 21 heavy (non-hydrogen) atoms. The molecule has 3 rings (SSSR count). The Balaban J connectivity index is 1.70. The fourth-order valence-electron chi connectivity index (χ4n) is 3.10. The van der Waals surface area contributed by atoms with Crippen LogP contribution in [0.2, 0.25) is 0 Å². The van der Waals surface area contributed by atoms with E-state index in [2.05, 4.69) is 53.3 Å². The Hall–Kier alpha value is -1.39. The van der Waals surface area contributed by atoms with Gasteiger partial charge in [0.15, 0.2) is 5.13 Å². The molecule has 1 aromatic carbocycles. The summed E-state index contributed by atoms with van der Waals surface area (Å²) in [5, 5.41) is 3.35. The lowest BCUT2D eigenvalue weighted by Gasteiger charge is -2.25. The smallest absolute Gasteiger partial charge is 0.185 e. The monoisotopic (exact) mass is 301 g/mol. The Morgan fingerprint density at radius 2 is 2.00 bits per heavy atom. The van der Waals surface area contributed by atoms with E-state index in [1.807, 2.05) is 6.07 Å². The Bertz CT molecular complexity index is 562. The van der Waals surface area contributed by atoms with E-state index in [-0.39, 0.29) is 0 Å². The molecule has 3 nitrogen and oxygen atoms in total. The van der Waals surface area contributed by atoms with Crippen molar-refractivity contribution in [3.63, 3.8) is 0 Å². The van der Waals surface area contributed by atoms with Crippen molar-refractivity contribution in [1.82, 2.24) is 9.88 Å². The van der Waals surface area contributed by atoms with Gasteiger partial charge in [-0.2, -0.15) is 0 Å². The van der Waals surface area contributed by atoms with Crippen molar-refractivity contribution in [1.29, 1.82) is 0 Å². The zero-order valence-corrected chi connectivity index (χ0v) is 13.6. The first-order valence-corrected chi connectivity index (χ1v) is 8.69. The molecule has 2 heterocycles. The highest BCUT2D eigenvalue weighted by Crippen LogP contribution is 2.30. The van der Waals surface area contributed by atoms with Crippen LogP contribution in [0.5, 0.6) is 0 Å². The van der Waals surface area contributed by atoms with Crippen molar-refractivity contribution in [2.45, 2.75) is 26.3 Å². The van der Waals surface area contributed by atoms with Gasteiger partial charge >= 0.3 is 0 Å². The topological polar surface area (TPSA) is 19.4 Å². The molecule has 112 valence electrons. The van der Waals surface area contributed by atoms with E-state index in [9.17, 15) is 0 Å². The van der Waals surface area contributed by atoms with Crippen LogP contribution in [0.4, 0.5) is 5.13 Å². The van der Waals surface area contributed by atoms with Crippen LogP contribution in [-0.4, -0.2) is 42.1 Å². The highest BCUT2D eigenvalue weighted by atomic mass is 32.1. The summed E-state index contributed by atoms with van der Waals surface area (Å²) in [5.41, 5.74) is 2.31. The molecule has 0 radical (unpaired) electrons. The fourth-order valence-corrected chi connectivity index (χ4v) is 3.98. The zero-order valence-electron chi connectivity index (χ0n) is 12.8. The van der Waals surface area contributed by atoms with Crippen LogP contribution >= 0.6 is 11.3 Å². The number of thiazole rings is 1. The minimum absolute atomic E-state index is 0.684. The highest BCUT2D eigenvalue weighted by molar-refractivity contribution is 7.14. The molecule has 4 heteroatoms. The minimum atomic E-state index is 0.684. The maximum Gasteiger partial charge on any atom is 0.185 e. The van der Waals surface area contributed by atoms with Gasteiger partial charge in [0.05, 0.1) is 5.69 Å². The van der Waals surface area contributed by atoms with Crippen molar-refractivity contribution in [2.24, 2.45) is 0 Å². The molecule has 1 saturated heterocycles. The maximum absolute atomic E-state index is 4.83. The third kappa shape index (κ3) is 3.11. The molecule has 1 aliphatic heterocycles. The fraction of sp³-hybridized carbons (Fsp3) is 0.471. The summed E-state index contributed by atoms with van der Waals surface area (Å²) in [5.74, 6) is 0. The molecule has 0 bridgehead atoms. The van der Waals surface area contributed by atoms with Crippen molar-refractivity contribution in [2.75, 3.05) is 31.1 Å². The molecule has 0 amide bonds. The Labute approximate surface area is 131 Å². The Morgan fingerprint density at radius 3 is 2.71 bits per heavy atom. The SMILES string of the molecule is CCN(CC)C1CCN(c2nc(-c3ccccc3)cs2)C1. The van der Waals surface area contributed by atoms with E-state index < -0.39 is 0 Å². The third-order valence-corrected chi connectivity index (χ3v) is 5.23. The van der Waals surface area contributed by atoms with Gasteiger partial charge in [-0.15, -0.1) is 11.3 Å². The van der Waals surface area contributed by atoms with Crippen LogP contribution in [0.3, 0.4) is 0 Å². The molecule has 0 N–H and O–H groups in total. The Morgan fingerprint density at radius 1 is 1.24 bits per heavy atom. The van der Waals surface area contributed by atoms with Crippen molar-refractivity contribution in [3.8, 4) is 11.3 Å². The molecule has 0 aliphatic carbocycles. The van der Waals surface area contributed by atoms with E-state index in [1.165, 1.54) is 17.1 Å². The molecule has 0 saturated carbocycles. The summed E-state index contributed by atoms with van der Waals surface area (Å²) in [6.45, 7) is 9.03. The first kappa shape index (κ1) is 14.5. The van der Waals surface area contributed by atoms with Gasteiger partial charge in [0, 0.05) is 30.1 Å². The number of aromatic nitrogens is 1. The standard InChI is InChI=1S/C17H23N3S/c1-3-19(4-2)15-10-11-20(12-15)17-18-16(13-21-17)14-8-6-5-7-9-14/h5-9,13,15H,3-4,10-12H2,1-2H3. The van der Waals surface area contributed by atoms with Crippen LogP contribution in [0.15, 0.2) is 35.7 Å². The van der Waals surface area contributed by atoms with E-state index in [1.54, 1.807) is 11.3 Å². The molecule has 2 aromatic rings. The van der Waals surface area contributed by atoms with Gasteiger partial charge in [0.2, 0.25) is 0 Å². The summed E-state index contributed by atoms with van der Waals surface area (Å²) >= 11 is 1.77. The predicted octanol–water partition coefficient (Wildman–Crippen LogP) is 3.73. The molecule has 1 atom stereocenters. The summed E-state index contributed by atoms with van der Waals surface area (Å²) in [4.78, 5) is 9.84. The number of rotatable bonds is 5. The zero-order chi connectivity index (χ0) is 14.7. The molecule has 1 unspecified atom stereocenters. The van der Waals surface area contributed by atoms with Gasteiger partial charge < -0.3 is 4.90 Å². The number of benzene rings is 1. The van der Waals surface area contributed by atoms with Crippen molar-refractivity contribution >= 4 is 16.5 Å². The lowest BCUT2D eigenvalue weighted by molar-refractivity contribution is 0.232. The average Bonchev–Trinajstić information content (AvgIpc) is 3.18.